The van der Waals surface area contributed by atoms with Gasteiger partial charge in [-0.15, -0.1) is 0 Å². The second-order valence-electron chi connectivity index (χ2n) is 13.2. The van der Waals surface area contributed by atoms with Gasteiger partial charge in [0.1, 0.15) is 0 Å². The molecule has 2 aliphatic carbocycles. The van der Waals surface area contributed by atoms with Gasteiger partial charge >= 0.3 is 0 Å². The quantitative estimate of drug-likeness (QED) is 0.148. The Morgan fingerprint density at radius 1 is 0.714 bits per heavy atom. The smallest absolute Gasteiger partial charge is 0.183 e. The molecule has 4 heteroatoms. The molecule has 35 heavy (non-hydrogen) atoms. The molecule has 0 aliphatic heterocycles. The zero-order valence-electron chi connectivity index (χ0n) is 25.2. The van der Waals surface area contributed by atoms with Gasteiger partial charge in [-0.05, 0) is 101 Å². The van der Waals surface area contributed by atoms with Crippen LogP contribution < -0.4 is 0 Å². The summed E-state index contributed by atoms with van der Waals surface area (Å²) in [7, 11) is -1.48. The number of hydrogen-bond donors (Lipinski definition) is 0. The molecule has 0 saturated heterocycles. The lowest BCUT2D eigenvalue weighted by atomic mass is 9.70. The molecule has 2 aliphatic rings. The number of hydrogen-bond acceptors (Lipinski definition) is 3. The van der Waals surface area contributed by atoms with Gasteiger partial charge in [-0.3, -0.25) is 9.98 Å². The highest BCUT2D eigenvalue weighted by Crippen LogP contribution is 2.40. The zero-order chi connectivity index (χ0) is 26.2. The maximum atomic E-state index is 6.22. The standard InChI is InChI=1S/C31H60N2OSi/c1-11-25-18-22(5)19-26(12-2)30(25)32-24(7)29(16-15-17-34-35(8,9)10)33-31-27(13-3)20-23(6)21-28(31)14-4/h22-23,25-28,30-31H,11-21H2,1-10H3. The first-order valence-corrected chi connectivity index (χ1v) is 18.7. The summed E-state index contributed by atoms with van der Waals surface area (Å²) >= 11 is 0. The van der Waals surface area contributed by atoms with Gasteiger partial charge in [-0.25, -0.2) is 0 Å². The predicted molar refractivity (Wildman–Crippen MR) is 159 cm³/mol. The van der Waals surface area contributed by atoms with Crippen molar-refractivity contribution in [2.45, 2.75) is 144 Å². The summed E-state index contributed by atoms with van der Waals surface area (Å²) in [5, 5.41) is 0. The lowest BCUT2D eigenvalue weighted by Gasteiger charge is -2.40. The molecule has 0 aromatic rings. The number of nitrogens with zero attached hydrogens (tertiary/aromatic N) is 2. The van der Waals surface area contributed by atoms with Crippen LogP contribution in [0.5, 0.6) is 0 Å². The third-order valence-electron chi connectivity index (χ3n) is 9.01. The van der Waals surface area contributed by atoms with Crippen LogP contribution in [0.4, 0.5) is 0 Å². The van der Waals surface area contributed by atoms with Gasteiger partial charge in [-0.1, -0.05) is 67.2 Å². The minimum Gasteiger partial charge on any atom is -0.418 e. The van der Waals surface area contributed by atoms with E-state index in [-0.39, 0.29) is 0 Å². The van der Waals surface area contributed by atoms with Gasteiger partial charge in [0.25, 0.3) is 0 Å². The van der Waals surface area contributed by atoms with Crippen molar-refractivity contribution in [3.05, 3.63) is 0 Å². The van der Waals surface area contributed by atoms with Crippen LogP contribution >= 0.6 is 0 Å². The largest absolute Gasteiger partial charge is 0.418 e. The molecular weight excluding hydrogens is 444 g/mol. The number of aliphatic imine (C=N–C) groups is 2. The van der Waals surface area contributed by atoms with E-state index in [1.165, 1.54) is 62.8 Å². The number of rotatable bonds is 12. The Morgan fingerprint density at radius 3 is 1.49 bits per heavy atom. The minimum absolute atomic E-state index is 0.467. The molecule has 0 aromatic heterocycles. The fraction of sp³-hybridized carbons (Fsp3) is 0.935. The van der Waals surface area contributed by atoms with Crippen LogP contribution in [-0.2, 0) is 4.43 Å². The summed E-state index contributed by atoms with van der Waals surface area (Å²) in [6.45, 7) is 24.4. The van der Waals surface area contributed by atoms with Crippen molar-refractivity contribution in [2.75, 3.05) is 6.61 Å². The first-order valence-electron chi connectivity index (χ1n) is 15.3. The van der Waals surface area contributed by atoms with Crippen LogP contribution in [0.15, 0.2) is 9.98 Å². The van der Waals surface area contributed by atoms with E-state index < -0.39 is 8.32 Å². The molecule has 0 spiro atoms. The summed E-state index contributed by atoms with van der Waals surface area (Å²) < 4.78 is 6.22. The van der Waals surface area contributed by atoms with Crippen molar-refractivity contribution in [3.8, 4) is 0 Å². The normalized spacial score (nSPS) is 35.4. The predicted octanol–water partition coefficient (Wildman–Crippen LogP) is 9.22. The SMILES string of the molecule is CCC1CC(C)CC(CC)C1N=C(C)C(CCCO[Si](C)(C)C)=NC1C(CC)CC(C)CC1CC. The molecule has 0 aromatic carbocycles. The Labute approximate surface area is 220 Å². The molecule has 2 rings (SSSR count). The molecule has 0 amide bonds. The lowest BCUT2D eigenvalue weighted by Crippen LogP contribution is -2.37. The van der Waals surface area contributed by atoms with Crippen molar-refractivity contribution in [1.29, 1.82) is 0 Å². The topological polar surface area (TPSA) is 34.0 Å². The average molecular weight is 505 g/mol. The second kappa shape index (κ2) is 14.5. The highest BCUT2D eigenvalue weighted by molar-refractivity contribution is 6.69. The van der Waals surface area contributed by atoms with Crippen molar-refractivity contribution in [2.24, 2.45) is 45.5 Å². The highest BCUT2D eigenvalue weighted by Gasteiger charge is 2.36. The first-order chi connectivity index (χ1) is 16.5. The van der Waals surface area contributed by atoms with Gasteiger partial charge in [0.05, 0.1) is 23.5 Å². The first kappa shape index (κ1) is 30.7. The molecule has 204 valence electrons. The third-order valence-corrected chi connectivity index (χ3v) is 10.1. The summed E-state index contributed by atoms with van der Waals surface area (Å²) in [6.07, 6.45) is 12.4. The second-order valence-corrected chi connectivity index (χ2v) is 17.7. The van der Waals surface area contributed by atoms with Gasteiger partial charge in [0.15, 0.2) is 8.32 Å². The molecule has 4 unspecified atom stereocenters. The Balaban J connectivity index is 2.36. The van der Waals surface area contributed by atoms with E-state index in [0.717, 1.165) is 43.1 Å². The average Bonchev–Trinajstić information content (AvgIpc) is 2.81. The van der Waals surface area contributed by atoms with Gasteiger partial charge in [0, 0.05) is 6.61 Å². The molecule has 0 N–H and O–H groups in total. The molecule has 0 bridgehead atoms. The zero-order valence-corrected chi connectivity index (χ0v) is 26.2. The van der Waals surface area contributed by atoms with Crippen LogP contribution in [0, 0.1) is 35.5 Å². The molecular formula is C31H60N2OSi. The Bertz CT molecular complexity index is 654. The highest BCUT2D eigenvalue weighted by atomic mass is 28.4. The van der Waals surface area contributed by atoms with Crippen molar-refractivity contribution >= 4 is 19.7 Å². The maximum Gasteiger partial charge on any atom is 0.183 e. The third kappa shape index (κ3) is 9.40. The Hall–Kier alpha value is -0.483. The molecule has 0 radical (unpaired) electrons. The molecule has 0 heterocycles. The summed E-state index contributed by atoms with van der Waals surface area (Å²) in [5.41, 5.74) is 2.53. The fourth-order valence-electron chi connectivity index (χ4n) is 7.08. The van der Waals surface area contributed by atoms with E-state index >= 15 is 0 Å². The fourth-order valence-corrected chi connectivity index (χ4v) is 7.83. The van der Waals surface area contributed by atoms with Gasteiger partial charge in [0.2, 0.25) is 0 Å². The van der Waals surface area contributed by atoms with Gasteiger partial charge in [-0.2, -0.15) is 0 Å². The van der Waals surface area contributed by atoms with E-state index in [1.54, 1.807) is 0 Å². The van der Waals surface area contributed by atoms with Gasteiger partial charge < -0.3 is 4.43 Å². The van der Waals surface area contributed by atoms with E-state index in [4.69, 9.17) is 14.4 Å². The Morgan fingerprint density at radius 2 is 1.11 bits per heavy atom. The van der Waals surface area contributed by atoms with Crippen molar-refractivity contribution in [1.82, 2.24) is 0 Å². The molecule has 4 atom stereocenters. The van der Waals surface area contributed by atoms with Crippen molar-refractivity contribution in [3.63, 3.8) is 0 Å². The monoisotopic (exact) mass is 504 g/mol. The van der Waals surface area contributed by atoms with E-state index in [0.29, 0.717) is 23.9 Å². The minimum atomic E-state index is -1.48. The van der Waals surface area contributed by atoms with Crippen LogP contribution in [0.1, 0.15) is 113 Å². The van der Waals surface area contributed by atoms with Crippen molar-refractivity contribution < 1.29 is 4.43 Å². The summed E-state index contributed by atoms with van der Waals surface area (Å²) in [6, 6.07) is 0.939. The van der Waals surface area contributed by atoms with E-state index in [9.17, 15) is 0 Å². The molecule has 3 nitrogen and oxygen atoms in total. The van der Waals surface area contributed by atoms with Crippen LogP contribution in [0.25, 0.3) is 0 Å². The van der Waals surface area contributed by atoms with Crippen LogP contribution in [0.3, 0.4) is 0 Å². The molecule has 2 saturated carbocycles. The lowest BCUT2D eigenvalue weighted by molar-refractivity contribution is 0.163. The molecule has 2 fully saturated rings. The van der Waals surface area contributed by atoms with Crippen LogP contribution in [0.2, 0.25) is 19.6 Å². The van der Waals surface area contributed by atoms with E-state index in [2.05, 4.69) is 68.1 Å². The Kier molecular flexibility index (Phi) is 12.7. The summed E-state index contributed by atoms with van der Waals surface area (Å²) in [4.78, 5) is 11.2. The summed E-state index contributed by atoms with van der Waals surface area (Å²) in [5.74, 6) is 4.54. The van der Waals surface area contributed by atoms with Crippen LogP contribution in [-0.4, -0.2) is 38.4 Å². The van der Waals surface area contributed by atoms with E-state index in [1.807, 2.05) is 0 Å². The maximum absolute atomic E-state index is 6.22.